The number of aromatic nitrogens is 1. The molecular formula is C26H27N5O5. The van der Waals surface area contributed by atoms with Gasteiger partial charge in [-0.25, -0.2) is 0 Å². The number of nitrogens with one attached hydrogen (secondary N) is 4. The molecule has 4 N–H and O–H groups in total. The first kappa shape index (κ1) is 22.6. The van der Waals surface area contributed by atoms with Crippen LogP contribution >= 0.6 is 0 Å². The number of rotatable bonds is 7. The van der Waals surface area contributed by atoms with E-state index < -0.39 is 41.1 Å². The molecule has 0 unspecified atom stereocenters. The summed E-state index contributed by atoms with van der Waals surface area (Å²) < 4.78 is 5.37. The number of imide groups is 1. The number of nitriles is 1. The number of ether oxygens (including phenoxy) is 1. The van der Waals surface area contributed by atoms with E-state index in [0.717, 1.165) is 23.7 Å². The minimum atomic E-state index is -1.23. The van der Waals surface area contributed by atoms with Crippen LogP contribution in [0.25, 0.3) is 10.9 Å². The van der Waals surface area contributed by atoms with Crippen molar-refractivity contribution in [1.82, 2.24) is 20.9 Å². The topological polar surface area (TPSA) is 153 Å². The Hall–Kier alpha value is -3.87. The molecule has 3 saturated carbocycles. The van der Waals surface area contributed by atoms with Crippen LogP contribution in [0.3, 0.4) is 0 Å². The number of benzene rings is 1. The van der Waals surface area contributed by atoms with E-state index in [1.165, 1.54) is 0 Å². The summed E-state index contributed by atoms with van der Waals surface area (Å²) in [6.07, 6.45) is 3.33. The zero-order valence-electron chi connectivity index (χ0n) is 19.8. The average molecular weight is 490 g/mol. The summed E-state index contributed by atoms with van der Waals surface area (Å²) in [5.74, 6) is -2.06. The van der Waals surface area contributed by atoms with Crippen molar-refractivity contribution >= 4 is 34.5 Å². The largest absolute Gasteiger partial charge is 0.496 e. The molecule has 2 aromatic rings. The number of hydrogen-bond donors (Lipinski definition) is 4. The lowest BCUT2D eigenvalue weighted by Gasteiger charge is -2.37. The molecule has 186 valence electrons. The first-order valence-electron chi connectivity index (χ1n) is 12.4. The molecule has 1 saturated heterocycles. The minimum Gasteiger partial charge on any atom is -0.496 e. The predicted octanol–water partition coefficient (Wildman–Crippen LogP) is 1.38. The zero-order valence-corrected chi connectivity index (χ0v) is 19.8. The molecule has 6 atom stereocenters. The van der Waals surface area contributed by atoms with Crippen molar-refractivity contribution in [1.29, 1.82) is 5.26 Å². The van der Waals surface area contributed by atoms with Gasteiger partial charge in [-0.15, -0.1) is 0 Å². The molecule has 4 amide bonds. The molecule has 6 rings (SSSR count). The van der Waals surface area contributed by atoms with Crippen LogP contribution in [0.15, 0.2) is 24.3 Å². The smallest absolute Gasteiger partial charge is 0.268 e. The molecular weight excluding hydrogens is 462 g/mol. The predicted molar refractivity (Wildman–Crippen MR) is 126 cm³/mol. The molecule has 0 radical (unpaired) electrons. The van der Waals surface area contributed by atoms with Crippen LogP contribution < -0.4 is 20.7 Å². The SMILES string of the molecule is COc1cccc2[nH]c(C(=O)N[C@@H](CC3CC3)C(=O)N[C@@]3(C#N)C[C@@H]4C[C@H]3[C@H]3C(=O)NC(=O)[C@@H]43)cc12. The van der Waals surface area contributed by atoms with Crippen molar-refractivity contribution in [2.75, 3.05) is 7.11 Å². The monoisotopic (exact) mass is 489 g/mol. The Bertz CT molecular complexity index is 1340. The van der Waals surface area contributed by atoms with E-state index in [1.807, 2.05) is 12.1 Å². The first-order chi connectivity index (χ1) is 17.3. The van der Waals surface area contributed by atoms with Gasteiger partial charge >= 0.3 is 0 Å². The fraction of sp³-hybridized carbons (Fsp3) is 0.500. The Morgan fingerprint density at radius 1 is 1.25 bits per heavy atom. The van der Waals surface area contributed by atoms with Gasteiger partial charge in [0.05, 0.1) is 25.0 Å². The molecule has 1 aromatic heterocycles. The Labute approximate surface area is 207 Å². The van der Waals surface area contributed by atoms with E-state index in [4.69, 9.17) is 4.74 Å². The van der Waals surface area contributed by atoms with Gasteiger partial charge in [0.15, 0.2) is 0 Å². The van der Waals surface area contributed by atoms with Gasteiger partial charge < -0.3 is 20.4 Å². The molecule has 2 heterocycles. The molecule has 3 aliphatic carbocycles. The standard InChI is InChI=1S/C26H27N5O5/c1-36-19-4-2-3-16-14(19)9-18(28-16)22(32)29-17(7-12-5-6-12)23(33)31-26(11-27)10-13-8-15(26)21-20(13)24(34)30-25(21)35/h2-4,9,12-13,15,17,20-21,28H,5-8,10H2,1H3,(H,29,32)(H,31,33)(H,30,34,35)/t13-,15-,17-,20-,21+,26+/m0/s1. The number of carbonyl (C=O) groups excluding carboxylic acids is 4. The van der Waals surface area contributed by atoms with Gasteiger partial charge in [-0.2, -0.15) is 5.26 Å². The van der Waals surface area contributed by atoms with Crippen LogP contribution in [-0.2, 0) is 14.4 Å². The maximum absolute atomic E-state index is 13.5. The average Bonchev–Trinajstić information content (AvgIpc) is 3.19. The minimum absolute atomic E-state index is 0.121. The summed E-state index contributed by atoms with van der Waals surface area (Å²) in [6.45, 7) is 0. The second-order valence-electron chi connectivity index (χ2n) is 10.6. The molecule has 1 aromatic carbocycles. The van der Waals surface area contributed by atoms with Gasteiger partial charge in [-0.05, 0) is 49.3 Å². The van der Waals surface area contributed by atoms with Crippen molar-refractivity contribution in [2.45, 2.75) is 43.7 Å². The van der Waals surface area contributed by atoms with Gasteiger partial charge in [-0.1, -0.05) is 18.9 Å². The lowest BCUT2D eigenvalue weighted by Crippen LogP contribution is -2.59. The quantitative estimate of drug-likeness (QED) is 0.431. The number of amides is 4. The molecule has 1 aliphatic heterocycles. The van der Waals surface area contributed by atoms with Crippen molar-refractivity contribution in [3.05, 3.63) is 30.0 Å². The second kappa shape index (κ2) is 8.08. The summed E-state index contributed by atoms with van der Waals surface area (Å²) in [4.78, 5) is 54.4. The number of H-pyrrole nitrogens is 1. The lowest BCUT2D eigenvalue weighted by molar-refractivity contribution is -0.129. The second-order valence-corrected chi connectivity index (χ2v) is 10.6. The van der Waals surface area contributed by atoms with E-state index in [9.17, 15) is 24.4 Å². The van der Waals surface area contributed by atoms with E-state index in [0.29, 0.717) is 36.6 Å². The van der Waals surface area contributed by atoms with Crippen molar-refractivity contribution in [3.63, 3.8) is 0 Å². The van der Waals surface area contributed by atoms with Crippen molar-refractivity contribution in [2.24, 2.45) is 29.6 Å². The molecule has 4 fully saturated rings. The van der Waals surface area contributed by atoms with E-state index >= 15 is 0 Å². The van der Waals surface area contributed by atoms with E-state index in [2.05, 4.69) is 27.0 Å². The number of carbonyl (C=O) groups is 4. The normalized spacial score (nSPS) is 31.0. The first-order valence-corrected chi connectivity index (χ1v) is 12.4. The number of hydrogen-bond acceptors (Lipinski definition) is 6. The summed E-state index contributed by atoms with van der Waals surface area (Å²) in [7, 11) is 1.56. The van der Waals surface area contributed by atoms with Gasteiger partial charge in [0.1, 0.15) is 23.0 Å². The maximum Gasteiger partial charge on any atom is 0.268 e. The van der Waals surface area contributed by atoms with Crippen LogP contribution in [0.1, 0.15) is 42.6 Å². The Balaban J connectivity index is 1.22. The van der Waals surface area contributed by atoms with Gasteiger partial charge in [-0.3, -0.25) is 24.5 Å². The summed E-state index contributed by atoms with van der Waals surface area (Å²) >= 11 is 0. The highest BCUT2D eigenvalue weighted by atomic mass is 16.5. The highest BCUT2D eigenvalue weighted by molar-refractivity contribution is 6.06. The lowest BCUT2D eigenvalue weighted by atomic mass is 9.71. The van der Waals surface area contributed by atoms with Crippen LogP contribution in [0.2, 0.25) is 0 Å². The summed E-state index contributed by atoms with van der Waals surface area (Å²) in [5.41, 5.74) is -0.180. The highest BCUT2D eigenvalue weighted by Crippen LogP contribution is 2.58. The highest BCUT2D eigenvalue weighted by Gasteiger charge is 2.67. The molecule has 2 bridgehead atoms. The Morgan fingerprint density at radius 2 is 2.03 bits per heavy atom. The summed E-state index contributed by atoms with van der Waals surface area (Å²) in [5, 5.41) is 19.1. The van der Waals surface area contributed by atoms with Crippen LogP contribution in [0.4, 0.5) is 0 Å². The summed E-state index contributed by atoms with van der Waals surface area (Å²) in [6, 6.07) is 8.61. The van der Waals surface area contributed by atoms with Crippen LogP contribution in [0.5, 0.6) is 5.75 Å². The zero-order chi connectivity index (χ0) is 25.2. The molecule has 10 heteroatoms. The van der Waals surface area contributed by atoms with Crippen molar-refractivity contribution in [3.8, 4) is 11.8 Å². The molecule has 0 spiro atoms. The fourth-order valence-electron chi connectivity index (χ4n) is 6.65. The molecule has 10 nitrogen and oxygen atoms in total. The number of fused-ring (bicyclic) bond motifs is 6. The van der Waals surface area contributed by atoms with Crippen LogP contribution in [-0.4, -0.2) is 47.3 Å². The van der Waals surface area contributed by atoms with E-state index in [-0.39, 0.29) is 17.7 Å². The fourth-order valence-corrected chi connectivity index (χ4v) is 6.65. The molecule has 4 aliphatic rings. The third kappa shape index (κ3) is 3.45. The number of nitrogens with zero attached hydrogens (tertiary/aromatic N) is 1. The number of methoxy groups -OCH3 is 1. The van der Waals surface area contributed by atoms with Gasteiger partial charge in [0.2, 0.25) is 17.7 Å². The molecule has 36 heavy (non-hydrogen) atoms. The Morgan fingerprint density at radius 3 is 2.75 bits per heavy atom. The van der Waals surface area contributed by atoms with E-state index in [1.54, 1.807) is 19.2 Å². The van der Waals surface area contributed by atoms with Gasteiger partial charge in [0.25, 0.3) is 5.91 Å². The number of aromatic amines is 1. The maximum atomic E-state index is 13.5. The third-order valence-electron chi connectivity index (χ3n) is 8.48. The van der Waals surface area contributed by atoms with Crippen molar-refractivity contribution < 1.29 is 23.9 Å². The van der Waals surface area contributed by atoms with Crippen LogP contribution in [0, 0.1) is 40.9 Å². The van der Waals surface area contributed by atoms with Gasteiger partial charge in [0, 0.05) is 16.8 Å². The third-order valence-corrected chi connectivity index (χ3v) is 8.48. The Kier molecular flexibility index (Phi) is 5.07.